The lowest BCUT2D eigenvalue weighted by Gasteiger charge is -2.11. The Hall–Kier alpha value is -3.54. The maximum atomic E-state index is 12.3. The van der Waals surface area contributed by atoms with E-state index in [2.05, 4.69) is 16.0 Å². The van der Waals surface area contributed by atoms with Crippen LogP contribution in [0.1, 0.15) is 27.2 Å². The molecule has 0 aliphatic heterocycles. The smallest absolute Gasteiger partial charge is 0.251 e. The maximum Gasteiger partial charge on any atom is 0.251 e. The van der Waals surface area contributed by atoms with E-state index in [9.17, 15) is 9.59 Å². The van der Waals surface area contributed by atoms with Crippen molar-refractivity contribution in [2.24, 2.45) is 0 Å². The van der Waals surface area contributed by atoms with E-state index in [4.69, 9.17) is 4.42 Å². The molecule has 0 aliphatic carbocycles. The predicted molar refractivity (Wildman–Crippen MR) is 109 cm³/mol. The highest BCUT2D eigenvalue weighted by Gasteiger charge is 2.09. The number of hydrogen-bond acceptors (Lipinski definition) is 4. The highest BCUT2D eigenvalue weighted by Crippen LogP contribution is 2.16. The van der Waals surface area contributed by atoms with Crippen molar-refractivity contribution in [1.29, 1.82) is 0 Å². The number of carbonyl (C=O) groups is 2. The van der Waals surface area contributed by atoms with E-state index >= 15 is 0 Å². The molecule has 0 fully saturated rings. The molecule has 6 heteroatoms. The summed E-state index contributed by atoms with van der Waals surface area (Å²) in [4.78, 5) is 24.5. The van der Waals surface area contributed by atoms with Crippen LogP contribution < -0.4 is 16.0 Å². The van der Waals surface area contributed by atoms with Crippen molar-refractivity contribution in [2.45, 2.75) is 20.4 Å². The number of hydrogen-bond donors (Lipinski definition) is 3. The van der Waals surface area contributed by atoms with Crippen LogP contribution in [0.25, 0.3) is 0 Å². The molecule has 0 spiro atoms. The number of anilines is 2. The molecule has 3 aromatic rings. The number of rotatable bonds is 7. The Morgan fingerprint density at radius 3 is 2.61 bits per heavy atom. The van der Waals surface area contributed by atoms with Gasteiger partial charge in [0.2, 0.25) is 5.91 Å². The first kappa shape index (κ1) is 19.2. The molecule has 0 saturated heterocycles. The number of amides is 2. The normalized spacial score (nSPS) is 10.4. The molecule has 28 heavy (non-hydrogen) atoms. The molecule has 0 atom stereocenters. The molecule has 3 rings (SSSR count). The summed E-state index contributed by atoms with van der Waals surface area (Å²) >= 11 is 0. The average Bonchev–Trinajstić information content (AvgIpc) is 3.20. The molecule has 2 aromatic carbocycles. The minimum atomic E-state index is -0.209. The second-order valence-corrected chi connectivity index (χ2v) is 6.56. The SMILES string of the molecule is Cc1ccc(NC(=O)CNc2cccc(C(=O)NCc3ccco3)c2)c(C)c1. The lowest BCUT2D eigenvalue weighted by Crippen LogP contribution is -2.24. The van der Waals surface area contributed by atoms with Crippen LogP contribution in [0.4, 0.5) is 11.4 Å². The summed E-state index contributed by atoms with van der Waals surface area (Å²) in [6, 6.07) is 16.5. The fraction of sp³-hybridized carbons (Fsp3) is 0.182. The first-order valence-electron chi connectivity index (χ1n) is 9.03. The van der Waals surface area contributed by atoms with Gasteiger partial charge in [-0.1, -0.05) is 23.8 Å². The van der Waals surface area contributed by atoms with E-state index in [-0.39, 0.29) is 18.4 Å². The molecule has 0 bridgehead atoms. The van der Waals surface area contributed by atoms with Crippen LogP contribution in [0.15, 0.2) is 65.3 Å². The molecule has 0 aliphatic rings. The second-order valence-electron chi connectivity index (χ2n) is 6.56. The fourth-order valence-electron chi connectivity index (χ4n) is 2.78. The summed E-state index contributed by atoms with van der Waals surface area (Å²) in [5.41, 5.74) is 4.16. The van der Waals surface area contributed by atoms with Crippen LogP contribution >= 0.6 is 0 Å². The van der Waals surface area contributed by atoms with E-state index in [1.165, 1.54) is 0 Å². The van der Waals surface area contributed by atoms with Crippen LogP contribution in [-0.4, -0.2) is 18.4 Å². The van der Waals surface area contributed by atoms with E-state index in [1.54, 1.807) is 36.6 Å². The topological polar surface area (TPSA) is 83.4 Å². The Morgan fingerprint density at radius 1 is 1.00 bits per heavy atom. The Balaban J connectivity index is 1.53. The quantitative estimate of drug-likeness (QED) is 0.583. The average molecular weight is 377 g/mol. The van der Waals surface area contributed by atoms with Gasteiger partial charge in [-0.05, 0) is 55.8 Å². The van der Waals surface area contributed by atoms with Crippen LogP contribution in [0.5, 0.6) is 0 Å². The van der Waals surface area contributed by atoms with Gasteiger partial charge in [0, 0.05) is 16.9 Å². The molecular weight excluding hydrogens is 354 g/mol. The molecule has 3 N–H and O–H groups in total. The van der Waals surface area contributed by atoms with Crippen molar-refractivity contribution in [3.05, 3.63) is 83.3 Å². The third-order valence-electron chi connectivity index (χ3n) is 4.24. The van der Waals surface area contributed by atoms with Gasteiger partial charge in [0.15, 0.2) is 0 Å². The summed E-state index contributed by atoms with van der Waals surface area (Å²) in [6.07, 6.45) is 1.56. The lowest BCUT2D eigenvalue weighted by atomic mass is 10.1. The number of furan rings is 1. The zero-order chi connectivity index (χ0) is 19.9. The number of nitrogens with one attached hydrogen (secondary N) is 3. The molecule has 1 heterocycles. The first-order chi connectivity index (χ1) is 13.5. The zero-order valence-electron chi connectivity index (χ0n) is 15.9. The zero-order valence-corrected chi connectivity index (χ0v) is 15.9. The van der Waals surface area contributed by atoms with Gasteiger partial charge >= 0.3 is 0 Å². The summed E-state index contributed by atoms with van der Waals surface area (Å²) < 4.78 is 5.20. The standard InChI is InChI=1S/C22H23N3O3/c1-15-8-9-20(16(2)11-15)25-21(26)14-23-18-6-3-5-17(12-18)22(27)24-13-19-7-4-10-28-19/h3-12,23H,13-14H2,1-2H3,(H,24,27)(H,25,26). The molecule has 1 aromatic heterocycles. The first-order valence-corrected chi connectivity index (χ1v) is 9.03. The highest BCUT2D eigenvalue weighted by atomic mass is 16.3. The monoisotopic (exact) mass is 377 g/mol. The van der Waals surface area contributed by atoms with Crippen molar-refractivity contribution in [1.82, 2.24) is 5.32 Å². The van der Waals surface area contributed by atoms with Crippen LogP contribution in [0, 0.1) is 13.8 Å². The molecule has 0 unspecified atom stereocenters. The minimum Gasteiger partial charge on any atom is -0.467 e. The van der Waals surface area contributed by atoms with E-state index in [1.807, 2.05) is 38.1 Å². The van der Waals surface area contributed by atoms with Gasteiger partial charge in [-0.2, -0.15) is 0 Å². The van der Waals surface area contributed by atoms with Crippen molar-refractivity contribution in [2.75, 3.05) is 17.2 Å². The van der Waals surface area contributed by atoms with Crippen LogP contribution in [0.2, 0.25) is 0 Å². The van der Waals surface area contributed by atoms with Gasteiger partial charge in [-0.3, -0.25) is 9.59 Å². The largest absolute Gasteiger partial charge is 0.467 e. The Kier molecular flexibility index (Phi) is 6.11. The van der Waals surface area contributed by atoms with Crippen molar-refractivity contribution >= 4 is 23.2 Å². The van der Waals surface area contributed by atoms with Crippen molar-refractivity contribution < 1.29 is 14.0 Å². The second kappa shape index (κ2) is 8.90. The van der Waals surface area contributed by atoms with Gasteiger partial charge < -0.3 is 20.4 Å². The summed E-state index contributed by atoms with van der Waals surface area (Å²) in [5, 5.41) is 8.74. The van der Waals surface area contributed by atoms with Crippen molar-refractivity contribution in [3.8, 4) is 0 Å². The number of aryl methyl sites for hydroxylation is 2. The van der Waals surface area contributed by atoms with Gasteiger partial charge in [-0.15, -0.1) is 0 Å². The molecule has 0 radical (unpaired) electrons. The third-order valence-corrected chi connectivity index (χ3v) is 4.24. The van der Waals surface area contributed by atoms with Crippen molar-refractivity contribution in [3.63, 3.8) is 0 Å². The molecule has 0 saturated carbocycles. The van der Waals surface area contributed by atoms with E-state index in [0.29, 0.717) is 23.6 Å². The third kappa shape index (κ3) is 5.23. The van der Waals surface area contributed by atoms with Gasteiger partial charge in [-0.25, -0.2) is 0 Å². The molecule has 144 valence electrons. The molecular formula is C22H23N3O3. The summed E-state index contributed by atoms with van der Waals surface area (Å²) in [7, 11) is 0. The molecule has 2 amide bonds. The number of benzene rings is 2. The predicted octanol–water partition coefficient (Wildman–Crippen LogP) is 3.88. The van der Waals surface area contributed by atoms with Crippen LogP contribution in [0.3, 0.4) is 0 Å². The summed E-state index contributed by atoms with van der Waals surface area (Å²) in [6.45, 7) is 4.39. The van der Waals surface area contributed by atoms with Gasteiger partial charge in [0.25, 0.3) is 5.91 Å². The highest BCUT2D eigenvalue weighted by molar-refractivity contribution is 5.96. The van der Waals surface area contributed by atoms with Crippen LogP contribution in [-0.2, 0) is 11.3 Å². The minimum absolute atomic E-state index is 0.102. The Morgan fingerprint density at radius 2 is 1.86 bits per heavy atom. The van der Waals surface area contributed by atoms with E-state index < -0.39 is 0 Å². The summed E-state index contributed by atoms with van der Waals surface area (Å²) in [5.74, 6) is 0.324. The Bertz CT molecular complexity index is 965. The maximum absolute atomic E-state index is 12.3. The van der Waals surface area contributed by atoms with E-state index in [0.717, 1.165) is 16.8 Å². The van der Waals surface area contributed by atoms with Gasteiger partial charge in [0.05, 0.1) is 19.4 Å². The molecule has 6 nitrogen and oxygen atoms in total. The Labute approximate surface area is 164 Å². The fourth-order valence-corrected chi connectivity index (χ4v) is 2.78. The van der Waals surface area contributed by atoms with Gasteiger partial charge in [0.1, 0.15) is 5.76 Å². The number of carbonyl (C=O) groups excluding carboxylic acids is 2. The lowest BCUT2D eigenvalue weighted by molar-refractivity contribution is -0.114.